The van der Waals surface area contributed by atoms with Crippen LogP contribution in [-0.2, 0) is 16.0 Å². The van der Waals surface area contributed by atoms with E-state index >= 15 is 0 Å². The lowest BCUT2D eigenvalue weighted by molar-refractivity contribution is -0.134. The van der Waals surface area contributed by atoms with Gasteiger partial charge in [0.15, 0.2) is 0 Å². The second-order valence-corrected chi connectivity index (χ2v) is 7.91. The Kier molecular flexibility index (Phi) is 3.59. The molecule has 1 atom stereocenters. The molecule has 0 aliphatic carbocycles. The maximum Gasteiger partial charge on any atom is 0.259 e. The lowest BCUT2D eigenvalue weighted by atomic mass is 9.89. The molecule has 3 aliphatic heterocycles. The van der Waals surface area contributed by atoms with E-state index in [0.29, 0.717) is 17.9 Å². The molecule has 1 unspecified atom stereocenters. The Morgan fingerprint density at radius 3 is 2.67 bits per heavy atom. The Morgan fingerprint density at radius 2 is 1.93 bits per heavy atom. The number of likely N-dealkylation sites (tertiary alicyclic amines) is 1. The molecule has 2 saturated heterocycles. The Bertz CT molecular complexity index is 994. The average molecular weight is 363 g/mol. The zero-order chi connectivity index (χ0) is 18.7. The molecule has 5 rings (SSSR count). The van der Waals surface area contributed by atoms with Gasteiger partial charge in [-0.2, -0.15) is 0 Å². The maximum atomic E-state index is 13.1. The van der Waals surface area contributed by atoms with Crippen molar-refractivity contribution in [3.63, 3.8) is 0 Å². The highest BCUT2D eigenvalue weighted by molar-refractivity contribution is 6.27. The highest BCUT2D eigenvalue weighted by Gasteiger charge is 2.40. The van der Waals surface area contributed by atoms with E-state index in [9.17, 15) is 14.4 Å². The molecule has 2 aromatic rings. The first-order chi connectivity index (χ1) is 13.0. The van der Waals surface area contributed by atoms with Gasteiger partial charge in [-0.05, 0) is 48.9 Å². The summed E-state index contributed by atoms with van der Waals surface area (Å²) in [6.45, 7) is 2.20. The predicted molar refractivity (Wildman–Crippen MR) is 102 cm³/mol. The molecule has 3 heterocycles. The predicted octanol–water partition coefficient (Wildman–Crippen LogP) is 1.71. The maximum absolute atomic E-state index is 13.1. The minimum atomic E-state index is -0.628. The summed E-state index contributed by atoms with van der Waals surface area (Å²) in [5, 5.41) is 4.41. The zero-order valence-electron chi connectivity index (χ0n) is 15.2. The number of hydrogen-bond donors (Lipinski definition) is 1. The second-order valence-electron chi connectivity index (χ2n) is 7.91. The van der Waals surface area contributed by atoms with E-state index in [-0.39, 0.29) is 24.1 Å². The van der Waals surface area contributed by atoms with Crippen molar-refractivity contribution in [3.05, 3.63) is 41.5 Å². The first-order valence-corrected chi connectivity index (χ1v) is 9.43. The van der Waals surface area contributed by atoms with Gasteiger partial charge in [0, 0.05) is 30.5 Å². The highest BCUT2D eigenvalue weighted by Crippen LogP contribution is 2.41. The van der Waals surface area contributed by atoms with Crippen LogP contribution in [0, 0.1) is 5.92 Å². The fraction of sp³-hybridized carbons (Fsp3) is 0.381. The molecule has 0 spiro atoms. The molecule has 0 bridgehead atoms. The number of anilines is 1. The van der Waals surface area contributed by atoms with Gasteiger partial charge in [-0.25, -0.2) is 0 Å². The quantitative estimate of drug-likeness (QED) is 0.843. The van der Waals surface area contributed by atoms with Crippen molar-refractivity contribution in [1.82, 2.24) is 10.2 Å². The van der Waals surface area contributed by atoms with Crippen LogP contribution in [-0.4, -0.2) is 48.8 Å². The second kappa shape index (κ2) is 5.89. The Labute approximate surface area is 157 Å². The van der Waals surface area contributed by atoms with Crippen molar-refractivity contribution < 1.29 is 14.4 Å². The van der Waals surface area contributed by atoms with Crippen molar-refractivity contribution in [1.29, 1.82) is 0 Å². The van der Waals surface area contributed by atoms with Gasteiger partial charge < -0.3 is 4.90 Å². The molecule has 0 aromatic heterocycles. The summed E-state index contributed by atoms with van der Waals surface area (Å²) in [4.78, 5) is 40.8. The standard InChI is InChI=1S/C21H21N3O3/c1-23-10-12(11-23)9-13-5-6-15-19-14(13)3-2-4-16(19)24(21(15)27)17-7-8-18(25)22-20(17)26/h2-6,12,17H,7-11H2,1H3,(H,22,25,26). The molecule has 2 fully saturated rings. The van der Waals surface area contributed by atoms with Crippen molar-refractivity contribution in [2.45, 2.75) is 25.3 Å². The average Bonchev–Trinajstić information content (AvgIpc) is 2.90. The van der Waals surface area contributed by atoms with Crippen molar-refractivity contribution in [2.24, 2.45) is 5.92 Å². The highest BCUT2D eigenvalue weighted by atomic mass is 16.2. The first kappa shape index (κ1) is 16.4. The molecule has 6 heteroatoms. The van der Waals surface area contributed by atoms with E-state index in [1.54, 1.807) is 4.90 Å². The fourth-order valence-electron chi connectivity index (χ4n) is 4.75. The molecule has 2 aromatic carbocycles. The van der Waals surface area contributed by atoms with E-state index in [4.69, 9.17) is 0 Å². The monoisotopic (exact) mass is 363 g/mol. The zero-order valence-corrected chi connectivity index (χ0v) is 15.2. The molecule has 1 N–H and O–H groups in total. The molecular formula is C21H21N3O3. The number of imide groups is 1. The van der Waals surface area contributed by atoms with Crippen LogP contribution in [0.5, 0.6) is 0 Å². The van der Waals surface area contributed by atoms with Crippen LogP contribution in [0.25, 0.3) is 10.8 Å². The van der Waals surface area contributed by atoms with Crippen molar-refractivity contribution in [3.8, 4) is 0 Å². The van der Waals surface area contributed by atoms with Gasteiger partial charge in [-0.15, -0.1) is 0 Å². The van der Waals surface area contributed by atoms with Gasteiger partial charge in [0.1, 0.15) is 6.04 Å². The molecule has 138 valence electrons. The third-order valence-electron chi connectivity index (χ3n) is 5.99. The summed E-state index contributed by atoms with van der Waals surface area (Å²) in [5.41, 5.74) is 2.70. The van der Waals surface area contributed by atoms with Crippen LogP contribution in [0.4, 0.5) is 5.69 Å². The van der Waals surface area contributed by atoms with Crippen LogP contribution in [0.15, 0.2) is 30.3 Å². The van der Waals surface area contributed by atoms with Gasteiger partial charge in [0.2, 0.25) is 11.8 Å². The van der Waals surface area contributed by atoms with E-state index in [1.807, 2.05) is 18.2 Å². The van der Waals surface area contributed by atoms with Crippen molar-refractivity contribution in [2.75, 3.05) is 25.0 Å². The minimum Gasteiger partial charge on any atom is -0.306 e. The minimum absolute atomic E-state index is 0.148. The van der Waals surface area contributed by atoms with Crippen LogP contribution in [0.1, 0.15) is 28.8 Å². The number of nitrogens with zero attached hydrogens (tertiary/aromatic N) is 2. The van der Waals surface area contributed by atoms with Gasteiger partial charge >= 0.3 is 0 Å². The number of carbonyl (C=O) groups is 3. The molecule has 3 amide bonds. The Morgan fingerprint density at radius 1 is 1.11 bits per heavy atom. The number of carbonyl (C=O) groups excluding carboxylic acids is 3. The number of benzene rings is 2. The summed E-state index contributed by atoms with van der Waals surface area (Å²) in [7, 11) is 2.13. The summed E-state index contributed by atoms with van der Waals surface area (Å²) >= 11 is 0. The van der Waals surface area contributed by atoms with Crippen LogP contribution >= 0.6 is 0 Å². The van der Waals surface area contributed by atoms with E-state index in [1.165, 1.54) is 5.56 Å². The van der Waals surface area contributed by atoms with Crippen LogP contribution in [0.2, 0.25) is 0 Å². The third-order valence-corrected chi connectivity index (χ3v) is 5.99. The fourth-order valence-corrected chi connectivity index (χ4v) is 4.75. The van der Waals surface area contributed by atoms with Crippen molar-refractivity contribution >= 4 is 34.2 Å². The third kappa shape index (κ3) is 2.47. The lowest BCUT2D eigenvalue weighted by Crippen LogP contribution is -2.53. The number of nitrogens with one attached hydrogen (secondary N) is 1. The SMILES string of the molecule is CN1CC(Cc2ccc3c4c(cccc24)N(C2CCC(=O)NC2=O)C3=O)C1. The number of hydrogen-bond acceptors (Lipinski definition) is 4. The number of piperidine rings is 1. The smallest absolute Gasteiger partial charge is 0.259 e. The normalized spacial score (nSPS) is 23.1. The molecule has 0 radical (unpaired) electrons. The molecular weight excluding hydrogens is 342 g/mol. The Balaban J connectivity index is 1.56. The van der Waals surface area contributed by atoms with E-state index in [0.717, 1.165) is 36.0 Å². The number of amides is 3. The van der Waals surface area contributed by atoms with Crippen LogP contribution < -0.4 is 10.2 Å². The molecule has 3 aliphatic rings. The van der Waals surface area contributed by atoms with Gasteiger partial charge in [0.05, 0.1) is 5.69 Å². The molecule has 6 nitrogen and oxygen atoms in total. The topological polar surface area (TPSA) is 69.7 Å². The summed E-state index contributed by atoms with van der Waals surface area (Å²) in [6.07, 6.45) is 1.62. The molecule has 0 saturated carbocycles. The Hall–Kier alpha value is -2.73. The van der Waals surface area contributed by atoms with E-state index < -0.39 is 6.04 Å². The summed E-state index contributed by atoms with van der Waals surface area (Å²) < 4.78 is 0. The van der Waals surface area contributed by atoms with Gasteiger partial charge in [0.25, 0.3) is 5.91 Å². The van der Waals surface area contributed by atoms with E-state index in [2.05, 4.69) is 29.4 Å². The molecule has 27 heavy (non-hydrogen) atoms. The summed E-state index contributed by atoms with van der Waals surface area (Å²) in [5.74, 6) is -0.158. The number of rotatable bonds is 3. The van der Waals surface area contributed by atoms with Gasteiger partial charge in [-0.1, -0.05) is 18.2 Å². The van der Waals surface area contributed by atoms with Gasteiger partial charge in [-0.3, -0.25) is 24.6 Å². The first-order valence-electron chi connectivity index (χ1n) is 9.43. The largest absolute Gasteiger partial charge is 0.306 e. The summed E-state index contributed by atoms with van der Waals surface area (Å²) in [6, 6.07) is 9.26. The lowest BCUT2D eigenvalue weighted by Gasteiger charge is -2.36. The van der Waals surface area contributed by atoms with Crippen LogP contribution in [0.3, 0.4) is 0 Å².